The molecule has 152 valence electrons. The topological polar surface area (TPSA) is 46.5 Å². The smallest absolute Gasteiger partial charge is 0.199 e. The highest BCUT2D eigenvalue weighted by Gasteiger charge is 2.55. The van der Waals surface area contributed by atoms with Gasteiger partial charge in [0.2, 0.25) is 0 Å². The molecule has 0 amide bonds. The number of aryl methyl sites for hydroxylation is 1. The number of nitrogens with zero attached hydrogens (tertiary/aromatic N) is 1. The van der Waals surface area contributed by atoms with Crippen LogP contribution in [0, 0.1) is 35.5 Å². The number of hydrogen-bond donors (Lipinski definition) is 0. The minimum Gasteiger partial charge on any atom is -0.199 e. The molecule has 0 aromatic heterocycles. The maximum atomic E-state index is 13.2. The molecule has 0 atom stereocenters. The Kier molecular flexibility index (Phi) is 4.86. The van der Waals surface area contributed by atoms with Crippen LogP contribution in [-0.2, 0) is 10.0 Å². The van der Waals surface area contributed by atoms with Crippen molar-refractivity contribution in [1.82, 2.24) is 0 Å². The molecule has 3 nitrogen and oxygen atoms in total. The van der Waals surface area contributed by atoms with Crippen molar-refractivity contribution < 1.29 is 8.42 Å². The lowest BCUT2D eigenvalue weighted by Gasteiger charge is -2.57. The summed E-state index contributed by atoms with van der Waals surface area (Å²) >= 11 is 5.89. The average molecular weight is 418 g/mol. The van der Waals surface area contributed by atoms with Crippen LogP contribution in [0.25, 0.3) is 0 Å². The molecule has 1 aromatic carbocycles. The van der Waals surface area contributed by atoms with E-state index in [-0.39, 0.29) is 15.7 Å². The molecule has 0 spiro atoms. The monoisotopic (exact) mass is 417 g/mol. The lowest BCUT2D eigenvalue weighted by Crippen LogP contribution is -2.53. The van der Waals surface area contributed by atoms with Crippen LogP contribution in [-0.4, -0.2) is 19.0 Å². The van der Waals surface area contributed by atoms with Crippen molar-refractivity contribution in [2.24, 2.45) is 33.0 Å². The van der Waals surface area contributed by atoms with E-state index in [1.54, 1.807) is 12.1 Å². The van der Waals surface area contributed by atoms with Crippen LogP contribution in [0.4, 0.5) is 0 Å². The fraction of sp³-hybridized carbons (Fsp3) is 0.652. The van der Waals surface area contributed by atoms with Crippen molar-refractivity contribution in [3.63, 3.8) is 0 Å². The molecule has 4 aliphatic rings. The second-order valence-electron chi connectivity index (χ2n) is 10.5. The van der Waals surface area contributed by atoms with Crippen LogP contribution in [0.2, 0.25) is 0 Å². The van der Waals surface area contributed by atoms with Crippen LogP contribution < -0.4 is 0 Å². The summed E-state index contributed by atoms with van der Waals surface area (Å²) in [4.78, 5) is 0.988. The quantitative estimate of drug-likeness (QED) is 0.462. The van der Waals surface area contributed by atoms with Crippen LogP contribution in [0.5, 0.6) is 0 Å². The van der Waals surface area contributed by atoms with Gasteiger partial charge in [0, 0.05) is 10.3 Å². The summed E-state index contributed by atoms with van der Waals surface area (Å²) in [6.07, 6.45) is 7.07. The van der Waals surface area contributed by atoms with E-state index < -0.39 is 10.0 Å². The predicted molar refractivity (Wildman–Crippen MR) is 118 cm³/mol. The van der Waals surface area contributed by atoms with Gasteiger partial charge in [-0.15, -0.1) is 0 Å². The Labute approximate surface area is 175 Å². The summed E-state index contributed by atoms with van der Waals surface area (Å²) < 4.78 is 31.0. The summed E-state index contributed by atoms with van der Waals surface area (Å²) in [6.45, 7) is 8.17. The van der Waals surface area contributed by atoms with E-state index in [4.69, 9.17) is 12.2 Å². The van der Waals surface area contributed by atoms with Gasteiger partial charge in [0.1, 0.15) is 0 Å². The fourth-order valence-corrected chi connectivity index (χ4v) is 7.45. The largest absolute Gasteiger partial charge is 0.282 e. The Hall–Kier alpha value is -1.07. The number of rotatable bonds is 4. The van der Waals surface area contributed by atoms with Gasteiger partial charge in [-0.05, 0) is 80.8 Å². The van der Waals surface area contributed by atoms with Crippen molar-refractivity contribution >= 4 is 32.8 Å². The fourth-order valence-electron chi connectivity index (χ4n) is 6.02. The standard InChI is InChI=1S/C23H31NO2S2/c1-15-5-7-19(8-6-15)28(25,26)24-20(21(27)22(2,3)4)23-12-16-9-17(13-23)11-18(10-16)14-23/h5-8,16-18H,9-14H2,1-4H3/b24-20-. The highest BCUT2D eigenvalue weighted by molar-refractivity contribution is 7.90. The van der Waals surface area contributed by atoms with Crippen molar-refractivity contribution in [2.75, 3.05) is 0 Å². The van der Waals surface area contributed by atoms with Gasteiger partial charge in [-0.25, -0.2) is 0 Å². The van der Waals surface area contributed by atoms with Gasteiger partial charge in [0.25, 0.3) is 10.0 Å². The number of sulfonamides is 1. The third-order valence-electron chi connectivity index (χ3n) is 6.97. The first-order valence-electron chi connectivity index (χ1n) is 10.5. The van der Waals surface area contributed by atoms with Crippen molar-refractivity contribution in [3.05, 3.63) is 29.8 Å². The maximum absolute atomic E-state index is 13.2. The third kappa shape index (κ3) is 3.60. The third-order valence-corrected chi connectivity index (χ3v) is 9.06. The predicted octanol–water partition coefficient (Wildman–Crippen LogP) is 5.76. The van der Waals surface area contributed by atoms with Crippen LogP contribution in [0.15, 0.2) is 33.6 Å². The zero-order valence-corrected chi connectivity index (χ0v) is 19.0. The van der Waals surface area contributed by atoms with E-state index in [2.05, 4.69) is 25.2 Å². The van der Waals surface area contributed by atoms with Crippen molar-refractivity contribution in [3.8, 4) is 0 Å². The van der Waals surface area contributed by atoms with E-state index in [1.807, 2.05) is 19.1 Å². The van der Waals surface area contributed by atoms with E-state index in [0.717, 1.165) is 29.7 Å². The Morgan fingerprint density at radius 2 is 1.46 bits per heavy atom. The molecule has 5 rings (SSSR count). The minimum atomic E-state index is -3.77. The molecule has 0 heterocycles. The van der Waals surface area contributed by atoms with Crippen molar-refractivity contribution in [2.45, 2.75) is 71.1 Å². The summed E-state index contributed by atoms with van der Waals surface area (Å²) in [6, 6.07) is 6.97. The van der Waals surface area contributed by atoms with Gasteiger partial charge in [-0.2, -0.15) is 12.8 Å². The Balaban J connectivity index is 1.82. The Morgan fingerprint density at radius 3 is 1.89 bits per heavy atom. The normalized spacial score (nSPS) is 32.6. The summed E-state index contributed by atoms with van der Waals surface area (Å²) in [5.74, 6) is 2.13. The second-order valence-corrected chi connectivity index (χ2v) is 12.5. The average Bonchev–Trinajstić information content (AvgIpc) is 2.57. The Bertz CT molecular complexity index is 885. The summed E-state index contributed by atoms with van der Waals surface area (Å²) in [5, 5.41) is 0. The SMILES string of the molecule is Cc1ccc(S(=O)(=O)/N=C(/C(=S)C(C)(C)C)C23CC4CC(CC(C4)C2)C3)cc1. The lowest BCUT2D eigenvalue weighted by atomic mass is 9.47. The van der Waals surface area contributed by atoms with Gasteiger partial charge in [-0.3, -0.25) is 0 Å². The molecular formula is C23H31NO2S2. The molecule has 4 bridgehead atoms. The maximum Gasteiger partial charge on any atom is 0.282 e. The van der Waals surface area contributed by atoms with E-state index >= 15 is 0 Å². The summed E-state index contributed by atoms with van der Waals surface area (Å²) in [7, 11) is -3.77. The molecule has 28 heavy (non-hydrogen) atoms. The first-order valence-corrected chi connectivity index (χ1v) is 12.3. The summed E-state index contributed by atoms with van der Waals surface area (Å²) in [5.41, 5.74) is 1.32. The first-order chi connectivity index (χ1) is 13.0. The molecule has 1 aromatic rings. The molecular weight excluding hydrogens is 386 g/mol. The zero-order chi connectivity index (χ0) is 20.3. The van der Waals surface area contributed by atoms with Crippen LogP contribution in [0.1, 0.15) is 64.9 Å². The molecule has 0 unspecified atom stereocenters. The van der Waals surface area contributed by atoms with Gasteiger partial charge < -0.3 is 0 Å². The van der Waals surface area contributed by atoms with E-state index in [1.165, 1.54) is 19.3 Å². The van der Waals surface area contributed by atoms with E-state index in [0.29, 0.717) is 23.5 Å². The highest BCUT2D eigenvalue weighted by atomic mass is 32.2. The second kappa shape index (κ2) is 6.73. The molecule has 4 aliphatic carbocycles. The van der Waals surface area contributed by atoms with Crippen LogP contribution >= 0.6 is 12.2 Å². The van der Waals surface area contributed by atoms with Gasteiger partial charge >= 0.3 is 0 Å². The molecule has 4 saturated carbocycles. The van der Waals surface area contributed by atoms with Crippen LogP contribution in [0.3, 0.4) is 0 Å². The molecule has 0 radical (unpaired) electrons. The molecule has 5 heteroatoms. The Morgan fingerprint density at radius 1 is 1.00 bits per heavy atom. The lowest BCUT2D eigenvalue weighted by molar-refractivity contribution is -0.0112. The van der Waals surface area contributed by atoms with Gasteiger partial charge in [-0.1, -0.05) is 50.7 Å². The van der Waals surface area contributed by atoms with Gasteiger partial charge in [0.05, 0.1) is 10.6 Å². The van der Waals surface area contributed by atoms with E-state index in [9.17, 15) is 8.42 Å². The zero-order valence-electron chi connectivity index (χ0n) is 17.4. The number of hydrogen-bond acceptors (Lipinski definition) is 3. The minimum absolute atomic E-state index is 0.142. The highest BCUT2D eigenvalue weighted by Crippen LogP contribution is 2.61. The number of thiocarbonyl (C=S) groups is 1. The molecule has 4 fully saturated rings. The van der Waals surface area contributed by atoms with Crippen molar-refractivity contribution in [1.29, 1.82) is 0 Å². The molecule has 0 N–H and O–H groups in total. The number of benzene rings is 1. The first kappa shape index (κ1) is 20.2. The van der Waals surface area contributed by atoms with Gasteiger partial charge in [0.15, 0.2) is 0 Å². The molecule has 0 aliphatic heterocycles. The molecule has 0 saturated heterocycles.